The van der Waals surface area contributed by atoms with Crippen molar-refractivity contribution in [1.82, 2.24) is 10.2 Å². The Bertz CT molecular complexity index is 303. The molecule has 1 aliphatic heterocycles. The maximum absolute atomic E-state index is 12.1. The molecule has 1 saturated carbocycles. The number of hydrogen-bond acceptors (Lipinski definition) is 2. The fourth-order valence-corrected chi connectivity index (χ4v) is 2.91. The first-order valence-corrected chi connectivity index (χ1v) is 6.62. The van der Waals surface area contributed by atoms with Crippen molar-refractivity contribution in [2.24, 2.45) is 11.8 Å². The molecule has 0 unspecified atom stereocenters. The van der Waals surface area contributed by atoms with Crippen LogP contribution in [0, 0.1) is 11.8 Å². The zero-order chi connectivity index (χ0) is 12.4. The number of carbonyl (C=O) groups is 2. The topological polar surface area (TPSA) is 49.4 Å². The van der Waals surface area contributed by atoms with E-state index >= 15 is 0 Å². The predicted octanol–water partition coefficient (Wildman–Crippen LogP) is 1.16. The second-order valence-corrected chi connectivity index (χ2v) is 5.60. The van der Waals surface area contributed by atoms with Crippen molar-refractivity contribution in [3.63, 3.8) is 0 Å². The molecule has 17 heavy (non-hydrogen) atoms. The molecule has 2 fully saturated rings. The normalized spacial score (nSPS) is 29.6. The van der Waals surface area contributed by atoms with Gasteiger partial charge in [0.05, 0.1) is 0 Å². The van der Waals surface area contributed by atoms with Crippen LogP contribution in [-0.2, 0) is 9.59 Å². The molecule has 0 spiro atoms. The van der Waals surface area contributed by atoms with Crippen LogP contribution in [0.1, 0.15) is 39.5 Å². The molecule has 2 amide bonds. The third-order valence-electron chi connectivity index (χ3n) is 3.86. The summed E-state index contributed by atoms with van der Waals surface area (Å²) < 4.78 is 0. The van der Waals surface area contributed by atoms with Gasteiger partial charge >= 0.3 is 0 Å². The van der Waals surface area contributed by atoms with E-state index in [1.165, 1.54) is 0 Å². The number of likely N-dealkylation sites (tertiary alicyclic amines) is 1. The molecule has 1 saturated heterocycles. The highest BCUT2D eigenvalue weighted by molar-refractivity contribution is 5.79. The van der Waals surface area contributed by atoms with E-state index in [4.69, 9.17) is 0 Å². The summed E-state index contributed by atoms with van der Waals surface area (Å²) in [6.07, 6.45) is 3.74. The Balaban J connectivity index is 1.75. The fourth-order valence-electron chi connectivity index (χ4n) is 2.91. The molecule has 0 bridgehead atoms. The number of amides is 2. The molecule has 4 heteroatoms. The van der Waals surface area contributed by atoms with E-state index in [-0.39, 0.29) is 17.9 Å². The summed E-state index contributed by atoms with van der Waals surface area (Å²) in [4.78, 5) is 25.0. The van der Waals surface area contributed by atoms with Gasteiger partial charge in [-0.3, -0.25) is 9.59 Å². The number of nitrogens with one attached hydrogen (secondary N) is 1. The Labute approximate surface area is 103 Å². The zero-order valence-corrected chi connectivity index (χ0v) is 10.7. The zero-order valence-electron chi connectivity index (χ0n) is 10.7. The van der Waals surface area contributed by atoms with E-state index in [9.17, 15) is 9.59 Å². The molecule has 1 N–H and O–H groups in total. The Kier molecular flexibility index (Phi) is 3.69. The average molecular weight is 238 g/mol. The molecule has 0 aromatic carbocycles. The Morgan fingerprint density at radius 1 is 1.12 bits per heavy atom. The van der Waals surface area contributed by atoms with Gasteiger partial charge in [0, 0.05) is 32.0 Å². The number of hydrogen-bond donors (Lipinski definition) is 1. The molecule has 4 nitrogen and oxygen atoms in total. The van der Waals surface area contributed by atoms with Gasteiger partial charge in [-0.2, -0.15) is 0 Å². The van der Waals surface area contributed by atoms with Crippen LogP contribution < -0.4 is 5.32 Å². The van der Waals surface area contributed by atoms with Gasteiger partial charge in [-0.05, 0) is 31.6 Å². The van der Waals surface area contributed by atoms with Crippen LogP contribution in [0.3, 0.4) is 0 Å². The first-order valence-electron chi connectivity index (χ1n) is 6.62. The average Bonchev–Trinajstić information content (AvgIpc) is 2.24. The summed E-state index contributed by atoms with van der Waals surface area (Å²) in [6, 6.07) is 0.284. The number of carbonyl (C=O) groups excluding carboxylic acids is 2. The molecular formula is C13H22N2O2. The van der Waals surface area contributed by atoms with E-state index in [1.807, 2.05) is 4.90 Å². The maximum atomic E-state index is 12.1. The lowest BCUT2D eigenvalue weighted by molar-refractivity contribution is -0.142. The molecule has 2 rings (SSSR count). The number of nitrogens with zero attached hydrogens (tertiary/aromatic N) is 1. The predicted molar refractivity (Wildman–Crippen MR) is 65.3 cm³/mol. The first-order chi connectivity index (χ1) is 8.06. The van der Waals surface area contributed by atoms with E-state index in [2.05, 4.69) is 12.2 Å². The van der Waals surface area contributed by atoms with Gasteiger partial charge in [0.15, 0.2) is 0 Å². The Morgan fingerprint density at radius 2 is 1.71 bits per heavy atom. The summed E-state index contributed by atoms with van der Waals surface area (Å²) in [7, 11) is 0. The highest BCUT2D eigenvalue weighted by atomic mass is 16.2. The lowest BCUT2D eigenvalue weighted by atomic mass is 9.84. The summed E-state index contributed by atoms with van der Waals surface area (Å²) >= 11 is 0. The Hall–Kier alpha value is -1.06. The third-order valence-corrected chi connectivity index (χ3v) is 3.86. The van der Waals surface area contributed by atoms with Gasteiger partial charge in [-0.25, -0.2) is 0 Å². The van der Waals surface area contributed by atoms with Crippen LogP contribution >= 0.6 is 0 Å². The molecule has 1 aliphatic carbocycles. The smallest absolute Gasteiger partial charge is 0.225 e. The van der Waals surface area contributed by atoms with Crippen molar-refractivity contribution < 1.29 is 9.59 Å². The van der Waals surface area contributed by atoms with Crippen molar-refractivity contribution in [2.45, 2.75) is 45.6 Å². The lowest BCUT2D eigenvalue weighted by Crippen LogP contribution is -2.51. The van der Waals surface area contributed by atoms with Gasteiger partial charge in [-0.1, -0.05) is 6.92 Å². The van der Waals surface area contributed by atoms with Crippen LogP contribution in [0.5, 0.6) is 0 Å². The summed E-state index contributed by atoms with van der Waals surface area (Å²) in [5, 5.41) is 2.94. The van der Waals surface area contributed by atoms with Gasteiger partial charge in [-0.15, -0.1) is 0 Å². The second-order valence-electron chi connectivity index (χ2n) is 5.60. The molecule has 1 heterocycles. The van der Waals surface area contributed by atoms with Crippen LogP contribution in [0.2, 0.25) is 0 Å². The largest absolute Gasteiger partial charge is 0.354 e. The molecule has 0 aromatic rings. The van der Waals surface area contributed by atoms with Crippen molar-refractivity contribution in [2.75, 3.05) is 13.1 Å². The second kappa shape index (κ2) is 5.07. The maximum Gasteiger partial charge on any atom is 0.225 e. The summed E-state index contributed by atoms with van der Waals surface area (Å²) in [5.74, 6) is 1.25. The summed E-state index contributed by atoms with van der Waals surface area (Å²) in [5.41, 5.74) is 0. The lowest BCUT2D eigenvalue weighted by Gasteiger charge is -2.40. The van der Waals surface area contributed by atoms with Crippen molar-refractivity contribution in [3.8, 4) is 0 Å². The van der Waals surface area contributed by atoms with Crippen molar-refractivity contribution in [1.29, 1.82) is 0 Å². The Morgan fingerprint density at radius 3 is 2.18 bits per heavy atom. The minimum atomic E-state index is 0.0383. The number of rotatable bonds is 2. The van der Waals surface area contributed by atoms with Crippen molar-refractivity contribution in [3.05, 3.63) is 0 Å². The SMILES string of the molecule is CC(=O)NC1CCC(C(=O)N2CC(C)C2)CC1. The molecular weight excluding hydrogens is 216 g/mol. The highest BCUT2D eigenvalue weighted by Gasteiger charge is 2.34. The molecule has 0 atom stereocenters. The molecule has 2 aliphatic rings. The van der Waals surface area contributed by atoms with Crippen LogP contribution in [0.4, 0.5) is 0 Å². The van der Waals surface area contributed by atoms with Crippen LogP contribution in [0.25, 0.3) is 0 Å². The minimum Gasteiger partial charge on any atom is -0.354 e. The monoisotopic (exact) mass is 238 g/mol. The van der Waals surface area contributed by atoms with Crippen LogP contribution in [0.15, 0.2) is 0 Å². The fraction of sp³-hybridized carbons (Fsp3) is 0.846. The minimum absolute atomic E-state index is 0.0383. The highest BCUT2D eigenvalue weighted by Crippen LogP contribution is 2.28. The van der Waals surface area contributed by atoms with Crippen molar-refractivity contribution >= 4 is 11.8 Å². The van der Waals surface area contributed by atoms with Gasteiger partial charge in [0.1, 0.15) is 0 Å². The standard InChI is InChI=1S/C13H22N2O2/c1-9-7-15(8-9)13(17)11-3-5-12(6-4-11)14-10(2)16/h9,11-12H,3-8H2,1-2H3,(H,14,16). The molecule has 96 valence electrons. The molecule has 0 radical (unpaired) electrons. The first kappa shape index (κ1) is 12.4. The van der Waals surface area contributed by atoms with Crippen LogP contribution in [-0.4, -0.2) is 35.8 Å². The quantitative estimate of drug-likeness (QED) is 0.785. The van der Waals surface area contributed by atoms with E-state index < -0.39 is 0 Å². The van der Waals surface area contributed by atoms with E-state index in [0.717, 1.165) is 38.8 Å². The third kappa shape index (κ3) is 2.99. The summed E-state index contributed by atoms with van der Waals surface area (Å²) in [6.45, 7) is 5.60. The van der Waals surface area contributed by atoms with E-state index in [0.29, 0.717) is 11.8 Å². The van der Waals surface area contributed by atoms with Gasteiger partial charge in [0.2, 0.25) is 11.8 Å². The van der Waals surface area contributed by atoms with Gasteiger partial charge < -0.3 is 10.2 Å². The molecule has 0 aromatic heterocycles. The van der Waals surface area contributed by atoms with E-state index in [1.54, 1.807) is 6.92 Å². The van der Waals surface area contributed by atoms with Gasteiger partial charge in [0.25, 0.3) is 0 Å².